The molecule has 2 rings (SSSR count). The molecular weight excluding hydrogens is 276 g/mol. The fraction of sp³-hybridized carbons (Fsp3) is 0.533. The van der Waals surface area contributed by atoms with E-state index in [2.05, 4.69) is 19.0 Å². The van der Waals surface area contributed by atoms with Crippen molar-refractivity contribution < 1.29 is 9.90 Å². The summed E-state index contributed by atoms with van der Waals surface area (Å²) in [6.07, 6.45) is 3.45. The maximum atomic E-state index is 12.4. The van der Waals surface area contributed by atoms with Gasteiger partial charge < -0.3 is 14.9 Å². The molecule has 1 fully saturated rings. The number of nitrogens with zero attached hydrogens (tertiary/aromatic N) is 2. The minimum Gasteiger partial charge on any atom is -0.506 e. The second-order valence-electron chi connectivity index (χ2n) is 5.80. The Kier molecular flexibility index (Phi) is 4.25. The number of phenolic OH excluding ortho intramolecular Hbond substituents is 1. The van der Waals surface area contributed by atoms with Crippen molar-refractivity contribution in [3.05, 3.63) is 28.8 Å². The molecule has 1 aliphatic carbocycles. The van der Waals surface area contributed by atoms with Gasteiger partial charge in [0.05, 0.1) is 5.02 Å². The molecule has 0 saturated heterocycles. The second kappa shape index (κ2) is 5.62. The highest BCUT2D eigenvalue weighted by molar-refractivity contribution is 6.32. The molecule has 20 heavy (non-hydrogen) atoms. The van der Waals surface area contributed by atoms with Crippen LogP contribution in [0.3, 0.4) is 0 Å². The van der Waals surface area contributed by atoms with Crippen LogP contribution < -0.4 is 0 Å². The van der Waals surface area contributed by atoms with Gasteiger partial charge in [-0.2, -0.15) is 0 Å². The number of carbonyl (C=O) groups excluding carboxylic acids is 1. The molecule has 1 aromatic carbocycles. The van der Waals surface area contributed by atoms with E-state index in [1.807, 2.05) is 7.05 Å². The van der Waals surface area contributed by atoms with Gasteiger partial charge in [-0.15, -0.1) is 0 Å². The van der Waals surface area contributed by atoms with E-state index >= 15 is 0 Å². The van der Waals surface area contributed by atoms with Crippen LogP contribution in [-0.2, 0) is 0 Å². The maximum absolute atomic E-state index is 12.4. The Morgan fingerprint density at radius 3 is 2.45 bits per heavy atom. The summed E-state index contributed by atoms with van der Waals surface area (Å²) < 4.78 is 0. The Bertz CT molecular complexity index is 513. The number of rotatable bonds is 4. The van der Waals surface area contributed by atoms with E-state index in [1.54, 1.807) is 11.0 Å². The summed E-state index contributed by atoms with van der Waals surface area (Å²) in [6, 6.07) is 4.57. The summed E-state index contributed by atoms with van der Waals surface area (Å²) in [6.45, 7) is 0.706. The normalized spacial score (nSPS) is 16.9. The molecule has 110 valence electrons. The Hall–Kier alpha value is -1.26. The third kappa shape index (κ3) is 2.76. The highest BCUT2D eigenvalue weighted by atomic mass is 35.5. The molecule has 0 heterocycles. The van der Waals surface area contributed by atoms with Crippen molar-refractivity contribution in [2.75, 3.05) is 27.7 Å². The van der Waals surface area contributed by atoms with Crippen LogP contribution in [-0.4, -0.2) is 54.0 Å². The number of benzene rings is 1. The van der Waals surface area contributed by atoms with Gasteiger partial charge in [0.2, 0.25) is 0 Å². The van der Waals surface area contributed by atoms with E-state index in [9.17, 15) is 9.90 Å². The molecule has 0 spiro atoms. The van der Waals surface area contributed by atoms with Crippen LogP contribution in [0, 0.1) is 0 Å². The minimum atomic E-state index is -0.0694. The van der Waals surface area contributed by atoms with Crippen molar-refractivity contribution in [1.29, 1.82) is 0 Å². The maximum Gasteiger partial charge on any atom is 0.253 e. The van der Waals surface area contributed by atoms with E-state index < -0.39 is 0 Å². The predicted octanol–water partition coefficient (Wildman–Crippen LogP) is 2.60. The molecule has 0 unspecified atom stereocenters. The molecule has 0 aromatic heterocycles. The highest BCUT2D eigenvalue weighted by Crippen LogP contribution is 2.37. The van der Waals surface area contributed by atoms with Crippen LogP contribution in [0.2, 0.25) is 5.02 Å². The predicted molar refractivity (Wildman–Crippen MR) is 80.3 cm³/mol. The van der Waals surface area contributed by atoms with Gasteiger partial charge >= 0.3 is 0 Å². The molecule has 0 atom stereocenters. The van der Waals surface area contributed by atoms with Gasteiger partial charge in [0, 0.05) is 24.7 Å². The van der Waals surface area contributed by atoms with E-state index in [4.69, 9.17) is 11.6 Å². The molecule has 5 heteroatoms. The van der Waals surface area contributed by atoms with Crippen molar-refractivity contribution >= 4 is 17.5 Å². The van der Waals surface area contributed by atoms with Crippen LogP contribution in [0.4, 0.5) is 0 Å². The zero-order chi connectivity index (χ0) is 14.9. The van der Waals surface area contributed by atoms with Crippen molar-refractivity contribution in [3.8, 4) is 5.75 Å². The third-order valence-corrected chi connectivity index (χ3v) is 4.61. The van der Waals surface area contributed by atoms with Gasteiger partial charge in [0.15, 0.2) is 0 Å². The monoisotopic (exact) mass is 296 g/mol. The number of halogens is 1. The van der Waals surface area contributed by atoms with Gasteiger partial charge in [-0.05, 0) is 51.6 Å². The summed E-state index contributed by atoms with van der Waals surface area (Å²) in [5.41, 5.74) is 0.606. The first-order valence-electron chi connectivity index (χ1n) is 6.77. The molecule has 0 radical (unpaired) electrons. The summed E-state index contributed by atoms with van der Waals surface area (Å²) >= 11 is 5.86. The van der Waals surface area contributed by atoms with E-state index in [0.717, 1.165) is 12.8 Å². The summed E-state index contributed by atoms with van der Waals surface area (Å²) in [7, 11) is 5.94. The number of phenols is 1. The SMILES string of the molecule is CN(CC1(N(C)C)CCC1)C(=O)c1ccc(O)c(Cl)c1. The van der Waals surface area contributed by atoms with Gasteiger partial charge in [-0.1, -0.05) is 11.6 Å². The molecule has 1 amide bonds. The fourth-order valence-corrected chi connectivity index (χ4v) is 2.89. The first-order valence-corrected chi connectivity index (χ1v) is 7.15. The van der Waals surface area contributed by atoms with Gasteiger partial charge in [-0.3, -0.25) is 4.79 Å². The smallest absolute Gasteiger partial charge is 0.253 e. The lowest BCUT2D eigenvalue weighted by atomic mass is 9.75. The van der Waals surface area contributed by atoms with Gasteiger partial charge in [0.1, 0.15) is 5.75 Å². The van der Waals surface area contributed by atoms with Gasteiger partial charge in [-0.25, -0.2) is 0 Å². The number of hydrogen-bond acceptors (Lipinski definition) is 3. The quantitative estimate of drug-likeness (QED) is 0.929. The van der Waals surface area contributed by atoms with Crippen LogP contribution in [0.5, 0.6) is 5.75 Å². The third-order valence-electron chi connectivity index (χ3n) is 4.31. The van der Waals surface area contributed by atoms with Crippen molar-refractivity contribution in [1.82, 2.24) is 9.80 Å². The summed E-state index contributed by atoms with van der Waals surface area (Å²) in [4.78, 5) is 16.4. The fourth-order valence-electron chi connectivity index (χ4n) is 2.71. The average molecular weight is 297 g/mol. The van der Waals surface area contributed by atoms with Crippen LogP contribution >= 0.6 is 11.6 Å². The lowest BCUT2D eigenvalue weighted by molar-refractivity contribution is 0.0252. The molecule has 1 N–H and O–H groups in total. The first kappa shape index (κ1) is 15.1. The summed E-state index contributed by atoms with van der Waals surface area (Å²) in [5.74, 6) is -0.0744. The topological polar surface area (TPSA) is 43.8 Å². The Morgan fingerprint density at radius 1 is 1.35 bits per heavy atom. The zero-order valence-electron chi connectivity index (χ0n) is 12.2. The Balaban J connectivity index is 2.10. The lowest BCUT2D eigenvalue weighted by Crippen LogP contribution is -2.57. The molecule has 1 saturated carbocycles. The molecule has 1 aromatic rings. The lowest BCUT2D eigenvalue weighted by Gasteiger charge is -2.49. The second-order valence-corrected chi connectivity index (χ2v) is 6.21. The van der Waals surface area contributed by atoms with Gasteiger partial charge in [0.25, 0.3) is 5.91 Å². The number of carbonyl (C=O) groups is 1. The van der Waals surface area contributed by atoms with Crippen LogP contribution in [0.1, 0.15) is 29.6 Å². The van der Waals surface area contributed by atoms with Crippen molar-refractivity contribution in [3.63, 3.8) is 0 Å². The number of aromatic hydroxyl groups is 1. The Morgan fingerprint density at radius 2 is 2.00 bits per heavy atom. The molecule has 1 aliphatic rings. The zero-order valence-corrected chi connectivity index (χ0v) is 12.9. The molecule has 0 aliphatic heterocycles. The van der Waals surface area contributed by atoms with Crippen LogP contribution in [0.25, 0.3) is 0 Å². The van der Waals surface area contributed by atoms with E-state index in [1.165, 1.54) is 18.6 Å². The molecule has 0 bridgehead atoms. The average Bonchev–Trinajstić information content (AvgIpc) is 2.35. The molecule has 4 nitrogen and oxygen atoms in total. The molecular formula is C15H21ClN2O2. The standard InChI is InChI=1S/C15H21ClN2O2/c1-17(2)15(7-4-8-15)10-18(3)14(20)11-5-6-13(19)12(16)9-11/h5-6,9,19H,4,7-8,10H2,1-3H3. The number of likely N-dealkylation sites (N-methyl/N-ethyl adjacent to an activating group) is 2. The largest absolute Gasteiger partial charge is 0.506 e. The summed E-state index contributed by atoms with van der Waals surface area (Å²) in [5, 5.41) is 9.61. The van der Waals surface area contributed by atoms with E-state index in [0.29, 0.717) is 12.1 Å². The van der Waals surface area contributed by atoms with Crippen LogP contribution in [0.15, 0.2) is 18.2 Å². The minimum absolute atomic E-state index is 0.00498. The number of amides is 1. The highest BCUT2D eigenvalue weighted by Gasteiger charge is 2.40. The van der Waals surface area contributed by atoms with Crippen molar-refractivity contribution in [2.45, 2.75) is 24.8 Å². The van der Waals surface area contributed by atoms with E-state index in [-0.39, 0.29) is 22.2 Å². The number of hydrogen-bond donors (Lipinski definition) is 1. The Labute approximate surface area is 124 Å². The first-order chi connectivity index (χ1) is 9.35. The van der Waals surface area contributed by atoms with Crippen molar-refractivity contribution in [2.24, 2.45) is 0 Å².